The first-order chi connectivity index (χ1) is 22.6. The molecule has 0 spiro atoms. The Morgan fingerprint density at radius 3 is 2.66 bits per heavy atom. The van der Waals surface area contributed by atoms with Gasteiger partial charge in [-0.25, -0.2) is 15.0 Å². The number of halogens is 1. The van der Waals surface area contributed by atoms with Crippen LogP contribution >= 0.6 is 15.9 Å². The first-order valence-electron chi connectivity index (χ1n) is 15.6. The summed E-state index contributed by atoms with van der Waals surface area (Å²) in [4.78, 5) is 57.9. The highest BCUT2D eigenvalue weighted by Gasteiger charge is 2.45. The van der Waals surface area contributed by atoms with Crippen molar-refractivity contribution in [3.8, 4) is 11.1 Å². The number of Topliss-reactive ketones (excluding diaryl/α,β-unsaturated/α-hetero) is 1. The number of hydrogen-bond donors (Lipinski definition) is 1. The number of pyridine rings is 1. The van der Waals surface area contributed by atoms with Gasteiger partial charge in [-0.3, -0.25) is 19.1 Å². The molecule has 6 rings (SSSR count). The van der Waals surface area contributed by atoms with E-state index in [1.165, 1.54) is 6.92 Å². The minimum absolute atomic E-state index is 0.0471. The summed E-state index contributed by atoms with van der Waals surface area (Å²) in [5.41, 5.74) is 3.30. The van der Waals surface area contributed by atoms with Crippen molar-refractivity contribution in [1.82, 2.24) is 34.5 Å². The molecule has 0 aliphatic carbocycles. The number of ether oxygens (including phenoxy) is 1. The Balaban J connectivity index is 1.33. The lowest BCUT2D eigenvalue weighted by molar-refractivity contribution is -0.139. The van der Waals surface area contributed by atoms with E-state index in [0.29, 0.717) is 53.3 Å². The largest absolute Gasteiger partial charge is 0.373 e. The van der Waals surface area contributed by atoms with E-state index < -0.39 is 6.04 Å². The van der Waals surface area contributed by atoms with Gasteiger partial charge in [0.25, 0.3) is 0 Å². The number of nitrogens with zero attached hydrogens (tertiary/aromatic N) is 7. The van der Waals surface area contributed by atoms with Crippen molar-refractivity contribution in [1.29, 1.82) is 0 Å². The van der Waals surface area contributed by atoms with Crippen LogP contribution in [0.15, 0.2) is 59.5 Å². The average Bonchev–Trinajstić information content (AvgIpc) is 3.56. The number of carbonyl (C=O) groups excluding carboxylic acids is 3. The molecule has 3 atom stereocenters. The third-order valence-electron chi connectivity index (χ3n) is 8.84. The van der Waals surface area contributed by atoms with Crippen LogP contribution in [0, 0.1) is 12.8 Å². The lowest BCUT2D eigenvalue weighted by Crippen LogP contribution is -2.48. The number of benzene rings is 1. The normalized spacial score (nSPS) is 20.8. The smallest absolute Gasteiger partial charge is 0.248 e. The van der Waals surface area contributed by atoms with Crippen LogP contribution in [0.1, 0.15) is 42.1 Å². The number of fused-ring (bicyclic) bond motifs is 4. The molecule has 2 amide bonds. The van der Waals surface area contributed by atoms with Crippen LogP contribution in [0.5, 0.6) is 0 Å². The maximum absolute atomic E-state index is 14.2. The van der Waals surface area contributed by atoms with Crippen LogP contribution in [0.4, 0.5) is 5.82 Å². The maximum Gasteiger partial charge on any atom is 0.248 e. The van der Waals surface area contributed by atoms with E-state index in [0.717, 1.165) is 16.7 Å². The van der Waals surface area contributed by atoms with Gasteiger partial charge in [-0.2, -0.15) is 5.10 Å². The Bertz CT molecular complexity index is 1860. The molecule has 1 N–H and O–H groups in total. The van der Waals surface area contributed by atoms with Crippen LogP contribution in [-0.2, 0) is 27.5 Å². The Morgan fingerprint density at radius 2 is 1.89 bits per heavy atom. The molecule has 244 valence electrons. The summed E-state index contributed by atoms with van der Waals surface area (Å²) in [6.45, 7) is 7.27. The van der Waals surface area contributed by atoms with E-state index in [9.17, 15) is 14.4 Å². The van der Waals surface area contributed by atoms with E-state index in [1.807, 2.05) is 51.2 Å². The number of aryl methyl sites for hydroxylation is 1. The van der Waals surface area contributed by atoms with E-state index in [4.69, 9.17) is 4.74 Å². The standard InChI is InChI=1S/C34H37BrN8O4/c1-20-25-14-29(34(46)39-33-24(8-10-30(35)38-33)19-47-12-6-5-11-41(4)17-25)43(20)31(45)18-42-28-9-7-23(26-15-36-22(3)37-16-26)13-27(28)32(40-42)21(2)44/h5-10,13,15-16,20,25,29H,11-12,14,17-19H2,1-4H3,(H,38,39,46)/t20-,25-,29+/m1/s1. The van der Waals surface area contributed by atoms with E-state index >= 15 is 0 Å². The zero-order valence-electron chi connectivity index (χ0n) is 26.8. The van der Waals surface area contributed by atoms with Crippen molar-refractivity contribution in [2.45, 2.75) is 52.4 Å². The second-order valence-electron chi connectivity index (χ2n) is 12.2. The highest BCUT2D eigenvalue weighted by Crippen LogP contribution is 2.33. The molecule has 1 aromatic carbocycles. The zero-order valence-corrected chi connectivity index (χ0v) is 28.4. The summed E-state index contributed by atoms with van der Waals surface area (Å²) in [6.07, 6.45) is 8.02. The maximum atomic E-state index is 14.2. The number of ketones is 1. The molecule has 5 heterocycles. The lowest BCUT2D eigenvalue weighted by atomic mass is 9.99. The van der Waals surface area contributed by atoms with Crippen molar-refractivity contribution in [2.75, 3.05) is 32.1 Å². The summed E-state index contributed by atoms with van der Waals surface area (Å²) in [6, 6.07) is 8.35. The van der Waals surface area contributed by atoms with Crippen LogP contribution in [-0.4, -0.2) is 91.0 Å². The Labute approximate surface area is 281 Å². The number of likely N-dealkylation sites (N-methyl/N-ethyl adjacent to an activating group) is 1. The number of amides is 2. The minimum Gasteiger partial charge on any atom is -0.373 e. The van der Waals surface area contributed by atoms with Gasteiger partial charge in [-0.05, 0) is 72.9 Å². The van der Waals surface area contributed by atoms with Crippen LogP contribution in [0.2, 0.25) is 0 Å². The Hall–Kier alpha value is -4.33. The van der Waals surface area contributed by atoms with Gasteiger partial charge in [0.1, 0.15) is 34.5 Å². The molecule has 2 aliphatic rings. The van der Waals surface area contributed by atoms with Gasteiger partial charge in [-0.1, -0.05) is 24.3 Å². The predicted molar refractivity (Wildman–Crippen MR) is 181 cm³/mol. The molecule has 0 saturated carbocycles. The summed E-state index contributed by atoms with van der Waals surface area (Å²) in [5, 5.41) is 8.22. The fraction of sp³-hybridized carbons (Fsp3) is 0.382. The number of carbonyl (C=O) groups is 3. The number of nitrogens with one attached hydrogen (secondary N) is 1. The molecular weight excluding hydrogens is 664 g/mol. The first kappa shape index (κ1) is 32.6. The Morgan fingerprint density at radius 1 is 1.11 bits per heavy atom. The number of aromatic nitrogens is 5. The fourth-order valence-electron chi connectivity index (χ4n) is 6.38. The second kappa shape index (κ2) is 13.8. The van der Waals surface area contributed by atoms with Crippen LogP contribution in [0.3, 0.4) is 0 Å². The van der Waals surface area contributed by atoms with Crippen LogP contribution in [0.25, 0.3) is 22.0 Å². The highest BCUT2D eigenvalue weighted by molar-refractivity contribution is 9.10. The first-order valence-corrected chi connectivity index (χ1v) is 16.4. The third-order valence-corrected chi connectivity index (χ3v) is 9.29. The van der Waals surface area contributed by atoms with E-state index in [-0.39, 0.29) is 48.4 Å². The minimum atomic E-state index is -0.728. The van der Waals surface area contributed by atoms with Crippen molar-refractivity contribution in [2.24, 2.45) is 5.92 Å². The molecule has 47 heavy (non-hydrogen) atoms. The quantitative estimate of drug-likeness (QED) is 0.186. The number of anilines is 1. The molecule has 1 fully saturated rings. The molecule has 0 unspecified atom stereocenters. The number of rotatable bonds is 4. The molecule has 12 nitrogen and oxygen atoms in total. The molecule has 2 bridgehead atoms. The highest BCUT2D eigenvalue weighted by atomic mass is 79.9. The summed E-state index contributed by atoms with van der Waals surface area (Å²) in [7, 11) is 2.03. The molecule has 13 heteroatoms. The molecule has 3 aromatic heterocycles. The summed E-state index contributed by atoms with van der Waals surface area (Å²) >= 11 is 3.41. The number of likely N-dealkylation sites (tertiary alicyclic amines) is 1. The van der Waals surface area contributed by atoms with Gasteiger partial charge in [0.2, 0.25) is 11.8 Å². The molecule has 1 saturated heterocycles. The van der Waals surface area contributed by atoms with Crippen molar-refractivity contribution >= 4 is 50.2 Å². The predicted octanol–water partition coefficient (Wildman–Crippen LogP) is 4.42. The molecule has 0 radical (unpaired) electrons. The monoisotopic (exact) mass is 700 g/mol. The average molecular weight is 702 g/mol. The van der Waals surface area contributed by atoms with Gasteiger partial charge in [-0.15, -0.1) is 0 Å². The number of hydrogen-bond acceptors (Lipinski definition) is 9. The van der Waals surface area contributed by atoms with E-state index in [2.05, 4.69) is 52.3 Å². The zero-order chi connectivity index (χ0) is 33.2. The topological polar surface area (TPSA) is 135 Å². The Kier molecular flexibility index (Phi) is 9.57. The molecule has 2 aliphatic heterocycles. The van der Waals surface area contributed by atoms with Gasteiger partial charge >= 0.3 is 0 Å². The molecule has 4 aromatic rings. The van der Waals surface area contributed by atoms with Gasteiger partial charge < -0.3 is 19.9 Å². The lowest BCUT2D eigenvalue weighted by Gasteiger charge is -2.30. The summed E-state index contributed by atoms with van der Waals surface area (Å²) in [5.74, 6) is 0.321. The van der Waals surface area contributed by atoms with Crippen molar-refractivity contribution in [3.63, 3.8) is 0 Å². The van der Waals surface area contributed by atoms with Crippen LogP contribution < -0.4 is 5.32 Å². The second-order valence-corrected chi connectivity index (χ2v) is 13.0. The van der Waals surface area contributed by atoms with Gasteiger partial charge in [0.15, 0.2) is 5.78 Å². The van der Waals surface area contributed by atoms with Gasteiger partial charge in [0.05, 0.1) is 18.7 Å². The molecular formula is C34H37BrN8O4. The third kappa shape index (κ3) is 7.02. The fourth-order valence-corrected chi connectivity index (χ4v) is 6.69. The van der Waals surface area contributed by atoms with Crippen molar-refractivity contribution in [3.05, 3.63) is 76.6 Å². The van der Waals surface area contributed by atoms with Gasteiger partial charge in [0, 0.05) is 55.0 Å². The van der Waals surface area contributed by atoms with Crippen molar-refractivity contribution < 1.29 is 19.1 Å². The summed E-state index contributed by atoms with van der Waals surface area (Å²) < 4.78 is 7.96. The van der Waals surface area contributed by atoms with E-state index in [1.54, 1.807) is 28.0 Å². The SMILES string of the molecule is CC(=O)c1nn(CC(=O)N2[C@H](C)[C@@H]3C[C@H]2C(=O)Nc2nc(Br)ccc2COCC=CCN(C)C3)c2ccc(-c3cnc(C)nc3)cc12.